The summed E-state index contributed by atoms with van der Waals surface area (Å²) in [6.07, 6.45) is 0. The van der Waals surface area contributed by atoms with Gasteiger partial charge in [0, 0.05) is 21.9 Å². The third-order valence-electron chi connectivity index (χ3n) is 11.0. The van der Waals surface area contributed by atoms with E-state index in [1.807, 2.05) is 60.7 Å². The Bertz CT molecular complexity index is 3280. The molecule has 2 aromatic heterocycles. The molecule has 0 spiro atoms. The van der Waals surface area contributed by atoms with Crippen molar-refractivity contribution in [2.45, 2.75) is 0 Å². The van der Waals surface area contributed by atoms with Crippen LogP contribution in [0.1, 0.15) is 0 Å². The Morgan fingerprint density at radius 2 is 0.807 bits per heavy atom. The molecule has 9 aromatic carbocycles. The van der Waals surface area contributed by atoms with E-state index in [0.717, 1.165) is 60.5 Å². The van der Waals surface area contributed by atoms with E-state index in [4.69, 9.17) is 19.4 Å². The Morgan fingerprint density at radius 1 is 0.281 bits per heavy atom. The van der Waals surface area contributed by atoms with Crippen LogP contribution < -0.4 is 0 Å². The first kappa shape index (κ1) is 32.7. The molecular formula is C53H33N3O. The fourth-order valence-electron chi connectivity index (χ4n) is 8.24. The van der Waals surface area contributed by atoms with E-state index >= 15 is 0 Å². The van der Waals surface area contributed by atoms with Gasteiger partial charge in [-0.3, -0.25) is 0 Å². The summed E-state index contributed by atoms with van der Waals surface area (Å²) in [4.78, 5) is 15.5. The summed E-state index contributed by atoms with van der Waals surface area (Å²) in [5.74, 6) is 1.77. The first-order valence-corrected chi connectivity index (χ1v) is 19.2. The second-order valence-corrected chi connectivity index (χ2v) is 14.3. The average molecular weight is 728 g/mol. The minimum atomic E-state index is 0.562. The van der Waals surface area contributed by atoms with Gasteiger partial charge >= 0.3 is 0 Å². The van der Waals surface area contributed by atoms with Crippen LogP contribution in [0.2, 0.25) is 0 Å². The van der Waals surface area contributed by atoms with Crippen molar-refractivity contribution in [2.24, 2.45) is 0 Å². The number of nitrogens with zero attached hydrogens (tertiary/aromatic N) is 3. The first-order valence-electron chi connectivity index (χ1n) is 19.2. The van der Waals surface area contributed by atoms with Gasteiger partial charge in [0.15, 0.2) is 17.5 Å². The maximum absolute atomic E-state index is 6.48. The minimum Gasteiger partial charge on any atom is -0.455 e. The van der Waals surface area contributed by atoms with Crippen LogP contribution in [0.5, 0.6) is 0 Å². The summed E-state index contributed by atoms with van der Waals surface area (Å²) < 4.78 is 6.48. The number of benzene rings is 9. The van der Waals surface area contributed by atoms with E-state index in [-0.39, 0.29) is 0 Å². The van der Waals surface area contributed by atoms with Crippen LogP contribution in [0.3, 0.4) is 0 Å². The molecule has 2 heterocycles. The summed E-state index contributed by atoms with van der Waals surface area (Å²) in [7, 11) is 0. The zero-order valence-corrected chi connectivity index (χ0v) is 30.8. The number of rotatable bonds is 6. The summed E-state index contributed by atoms with van der Waals surface area (Å²) in [5.41, 5.74) is 11.4. The van der Waals surface area contributed by atoms with Gasteiger partial charge in [0.05, 0.1) is 5.56 Å². The molecule has 0 unspecified atom stereocenters. The Hall–Kier alpha value is -7.69. The standard InChI is InChI=1S/C53H33N3O/c1-3-14-34(15-4-1)35-26-28-37(29-27-35)40-31-30-36-16-7-8-19-39(36)49(40)44-32-33-46(42-21-10-9-20-41(42)44)52-54-51(38-17-5-2-6-18-38)55-53(56-52)47-24-13-23-45-43-22-11-12-25-48(43)57-50(45)47/h1-33H. The van der Waals surface area contributed by atoms with Crippen LogP contribution in [0.4, 0.5) is 0 Å². The normalized spacial score (nSPS) is 11.5. The van der Waals surface area contributed by atoms with Crippen molar-refractivity contribution in [1.82, 2.24) is 15.0 Å². The van der Waals surface area contributed by atoms with Crippen LogP contribution in [0.25, 0.3) is 111 Å². The molecule has 0 radical (unpaired) electrons. The number of aromatic nitrogens is 3. The topological polar surface area (TPSA) is 51.8 Å². The molecule has 0 amide bonds. The lowest BCUT2D eigenvalue weighted by Crippen LogP contribution is -2.01. The maximum atomic E-state index is 6.48. The van der Waals surface area contributed by atoms with Crippen LogP contribution in [-0.2, 0) is 0 Å². The van der Waals surface area contributed by atoms with Gasteiger partial charge in [-0.15, -0.1) is 0 Å². The zero-order valence-electron chi connectivity index (χ0n) is 30.8. The van der Waals surface area contributed by atoms with E-state index in [1.165, 1.54) is 33.0 Å². The molecule has 0 aliphatic rings. The van der Waals surface area contributed by atoms with Crippen molar-refractivity contribution in [2.75, 3.05) is 0 Å². The first-order chi connectivity index (χ1) is 28.3. The minimum absolute atomic E-state index is 0.562. The zero-order chi connectivity index (χ0) is 37.7. The van der Waals surface area contributed by atoms with E-state index in [1.54, 1.807) is 0 Å². The third-order valence-corrected chi connectivity index (χ3v) is 11.0. The lowest BCUT2D eigenvalue weighted by Gasteiger charge is -2.18. The molecule has 0 N–H and O–H groups in total. The predicted octanol–water partition coefficient (Wildman–Crippen LogP) is 14.1. The number of hydrogen-bond acceptors (Lipinski definition) is 4. The van der Waals surface area contributed by atoms with E-state index in [2.05, 4.69) is 140 Å². The van der Waals surface area contributed by atoms with Crippen LogP contribution in [0, 0.1) is 0 Å². The van der Waals surface area contributed by atoms with Gasteiger partial charge in [-0.25, -0.2) is 15.0 Å². The Labute approximate surface area is 329 Å². The van der Waals surface area contributed by atoms with Gasteiger partial charge in [-0.2, -0.15) is 0 Å². The molecule has 0 fully saturated rings. The highest BCUT2D eigenvalue weighted by Crippen LogP contribution is 2.44. The Morgan fingerprint density at radius 3 is 1.58 bits per heavy atom. The molecule has 11 aromatic rings. The van der Waals surface area contributed by atoms with Crippen molar-refractivity contribution >= 4 is 43.5 Å². The highest BCUT2D eigenvalue weighted by molar-refractivity contribution is 6.13. The molecule has 0 aliphatic heterocycles. The van der Waals surface area contributed by atoms with E-state index < -0.39 is 0 Å². The fourth-order valence-corrected chi connectivity index (χ4v) is 8.24. The van der Waals surface area contributed by atoms with Crippen molar-refractivity contribution in [1.29, 1.82) is 0 Å². The molecule has 11 rings (SSSR count). The highest BCUT2D eigenvalue weighted by atomic mass is 16.3. The molecule has 0 saturated heterocycles. The molecule has 266 valence electrons. The molecule has 4 heteroatoms. The van der Waals surface area contributed by atoms with Crippen molar-refractivity contribution < 1.29 is 4.42 Å². The van der Waals surface area contributed by atoms with Gasteiger partial charge in [0.25, 0.3) is 0 Å². The van der Waals surface area contributed by atoms with Gasteiger partial charge < -0.3 is 4.42 Å². The monoisotopic (exact) mass is 727 g/mol. The largest absolute Gasteiger partial charge is 0.455 e. The SMILES string of the molecule is c1ccc(-c2ccc(-c3ccc4ccccc4c3-c3ccc(-c4nc(-c5ccccc5)nc(-c5cccc6c5oc5ccccc56)n4)c4ccccc34)cc2)cc1. The lowest BCUT2D eigenvalue weighted by atomic mass is 9.86. The maximum Gasteiger partial charge on any atom is 0.167 e. The van der Waals surface area contributed by atoms with Gasteiger partial charge in [-0.1, -0.05) is 182 Å². The molecule has 0 saturated carbocycles. The second kappa shape index (κ2) is 13.6. The van der Waals surface area contributed by atoms with Crippen LogP contribution in [0.15, 0.2) is 205 Å². The predicted molar refractivity (Wildman–Crippen MR) is 235 cm³/mol. The smallest absolute Gasteiger partial charge is 0.167 e. The summed E-state index contributed by atoms with van der Waals surface area (Å²) in [6, 6.07) is 70.1. The molecule has 0 aliphatic carbocycles. The van der Waals surface area contributed by atoms with Crippen LogP contribution >= 0.6 is 0 Å². The van der Waals surface area contributed by atoms with E-state index in [9.17, 15) is 0 Å². The van der Waals surface area contributed by atoms with E-state index in [0.29, 0.717) is 17.5 Å². The highest BCUT2D eigenvalue weighted by Gasteiger charge is 2.21. The quantitative estimate of drug-likeness (QED) is 0.171. The number of furan rings is 1. The summed E-state index contributed by atoms with van der Waals surface area (Å²) >= 11 is 0. The van der Waals surface area contributed by atoms with Crippen LogP contribution in [-0.4, -0.2) is 15.0 Å². The molecule has 0 bridgehead atoms. The third kappa shape index (κ3) is 5.66. The Kier molecular flexibility index (Phi) is 7.78. The number of para-hydroxylation sites is 2. The van der Waals surface area contributed by atoms with Gasteiger partial charge in [-0.05, 0) is 73.1 Å². The van der Waals surface area contributed by atoms with Gasteiger partial charge in [0.1, 0.15) is 11.2 Å². The van der Waals surface area contributed by atoms with Crippen molar-refractivity contribution in [3.05, 3.63) is 200 Å². The number of hydrogen-bond donors (Lipinski definition) is 0. The lowest BCUT2D eigenvalue weighted by molar-refractivity contribution is 0.669. The summed E-state index contributed by atoms with van der Waals surface area (Å²) in [6.45, 7) is 0. The summed E-state index contributed by atoms with van der Waals surface area (Å²) in [5, 5.41) is 6.67. The Balaban J connectivity index is 1.12. The molecule has 57 heavy (non-hydrogen) atoms. The average Bonchev–Trinajstić information content (AvgIpc) is 3.68. The van der Waals surface area contributed by atoms with Gasteiger partial charge in [0.2, 0.25) is 0 Å². The molecule has 4 nitrogen and oxygen atoms in total. The second-order valence-electron chi connectivity index (χ2n) is 14.3. The molecular weight excluding hydrogens is 695 g/mol. The number of fused-ring (bicyclic) bond motifs is 5. The van der Waals surface area contributed by atoms with Crippen molar-refractivity contribution in [3.63, 3.8) is 0 Å². The van der Waals surface area contributed by atoms with Crippen molar-refractivity contribution in [3.8, 4) is 67.5 Å². The fraction of sp³-hybridized carbons (Fsp3) is 0. The molecule has 0 atom stereocenters.